The van der Waals surface area contributed by atoms with Crippen molar-refractivity contribution in [1.29, 1.82) is 0 Å². The van der Waals surface area contributed by atoms with Crippen molar-refractivity contribution in [2.75, 3.05) is 7.11 Å². The van der Waals surface area contributed by atoms with E-state index in [0.29, 0.717) is 17.0 Å². The molecule has 0 fully saturated rings. The van der Waals surface area contributed by atoms with Gasteiger partial charge in [0.15, 0.2) is 0 Å². The number of aromatic nitrogens is 2. The number of thiazole rings is 1. The molecule has 0 saturated heterocycles. The lowest BCUT2D eigenvalue weighted by atomic mass is 10.1. The fraction of sp³-hybridized carbons (Fsp3) is 0.200. The van der Waals surface area contributed by atoms with Gasteiger partial charge in [0.05, 0.1) is 24.5 Å². The van der Waals surface area contributed by atoms with Gasteiger partial charge in [0.2, 0.25) is 0 Å². The molecule has 0 aliphatic rings. The molecule has 0 aliphatic heterocycles. The Balaban J connectivity index is 2.29. The third kappa shape index (κ3) is 2.14. The highest BCUT2D eigenvalue weighted by atomic mass is 32.1. The van der Waals surface area contributed by atoms with E-state index in [0.717, 1.165) is 0 Å². The number of ether oxygens (including phenoxy) is 1. The van der Waals surface area contributed by atoms with E-state index in [1.807, 2.05) is 5.38 Å². The Morgan fingerprint density at radius 1 is 1.47 bits per heavy atom. The third-order valence-electron chi connectivity index (χ3n) is 2.02. The predicted octanol–water partition coefficient (Wildman–Crippen LogP) is 1.63. The van der Waals surface area contributed by atoms with Crippen LogP contribution in [0.25, 0.3) is 0 Å². The van der Waals surface area contributed by atoms with Gasteiger partial charge in [0.1, 0.15) is 11.9 Å². The molecule has 0 radical (unpaired) electrons. The number of hydrogen-bond acceptors (Lipinski definition) is 5. The molecule has 15 heavy (non-hydrogen) atoms. The molecule has 1 unspecified atom stereocenters. The van der Waals surface area contributed by atoms with Crippen molar-refractivity contribution in [3.8, 4) is 5.75 Å². The molecule has 2 heterocycles. The van der Waals surface area contributed by atoms with Crippen molar-refractivity contribution >= 4 is 11.3 Å². The van der Waals surface area contributed by atoms with Crippen molar-refractivity contribution < 1.29 is 9.84 Å². The zero-order chi connectivity index (χ0) is 10.7. The van der Waals surface area contributed by atoms with Crippen LogP contribution in [0, 0.1) is 0 Å². The summed E-state index contributed by atoms with van der Waals surface area (Å²) in [4.78, 5) is 8.03. The standard InChI is InChI=1S/C10H10N2O2S/c1-14-8-2-7(3-11-4-8)10(13)9-5-15-6-12-9/h2-6,10,13H,1H3. The zero-order valence-electron chi connectivity index (χ0n) is 8.12. The van der Waals surface area contributed by atoms with Crippen LogP contribution in [0.15, 0.2) is 29.4 Å². The molecule has 1 atom stereocenters. The number of pyridine rings is 1. The maximum atomic E-state index is 9.95. The fourth-order valence-electron chi connectivity index (χ4n) is 1.22. The van der Waals surface area contributed by atoms with Crippen molar-refractivity contribution in [1.82, 2.24) is 9.97 Å². The quantitative estimate of drug-likeness (QED) is 0.857. The third-order valence-corrected chi connectivity index (χ3v) is 2.62. The normalized spacial score (nSPS) is 12.4. The Hall–Kier alpha value is -1.46. The molecule has 0 bridgehead atoms. The van der Waals surface area contributed by atoms with E-state index in [9.17, 15) is 5.11 Å². The summed E-state index contributed by atoms with van der Waals surface area (Å²) in [6.07, 6.45) is 2.46. The second kappa shape index (κ2) is 4.37. The van der Waals surface area contributed by atoms with Gasteiger partial charge in [-0.3, -0.25) is 4.98 Å². The van der Waals surface area contributed by atoms with Crippen molar-refractivity contribution in [3.63, 3.8) is 0 Å². The van der Waals surface area contributed by atoms with Crippen LogP contribution in [-0.4, -0.2) is 22.2 Å². The van der Waals surface area contributed by atoms with Crippen LogP contribution in [0.1, 0.15) is 17.4 Å². The molecule has 0 saturated carbocycles. The van der Waals surface area contributed by atoms with Gasteiger partial charge in [0, 0.05) is 17.1 Å². The SMILES string of the molecule is COc1cncc(C(O)c2cscn2)c1. The van der Waals surface area contributed by atoms with Crippen LogP contribution in [-0.2, 0) is 0 Å². The van der Waals surface area contributed by atoms with Crippen LogP contribution in [0.4, 0.5) is 0 Å². The summed E-state index contributed by atoms with van der Waals surface area (Å²) in [5, 5.41) is 11.8. The highest BCUT2D eigenvalue weighted by Crippen LogP contribution is 2.23. The summed E-state index contributed by atoms with van der Waals surface area (Å²) >= 11 is 1.45. The maximum absolute atomic E-state index is 9.95. The Kier molecular flexibility index (Phi) is 2.94. The lowest BCUT2D eigenvalue weighted by Crippen LogP contribution is -2.00. The van der Waals surface area contributed by atoms with Crippen LogP contribution < -0.4 is 4.74 Å². The average Bonchev–Trinajstić information content (AvgIpc) is 2.81. The highest BCUT2D eigenvalue weighted by molar-refractivity contribution is 7.07. The Bertz CT molecular complexity index is 431. The lowest BCUT2D eigenvalue weighted by molar-refractivity contribution is 0.215. The van der Waals surface area contributed by atoms with Crippen molar-refractivity contribution in [2.24, 2.45) is 0 Å². The predicted molar refractivity (Wildman–Crippen MR) is 57.0 cm³/mol. The molecular weight excluding hydrogens is 212 g/mol. The molecule has 2 aromatic rings. The van der Waals surface area contributed by atoms with E-state index >= 15 is 0 Å². The van der Waals surface area contributed by atoms with E-state index < -0.39 is 6.10 Å². The summed E-state index contributed by atoms with van der Waals surface area (Å²) in [6.45, 7) is 0. The summed E-state index contributed by atoms with van der Waals surface area (Å²) in [5.41, 5.74) is 3.00. The van der Waals surface area contributed by atoms with Crippen LogP contribution in [0.2, 0.25) is 0 Å². The van der Waals surface area contributed by atoms with Crippen molar-refractivity contribution in [2.45, 2.75) is 6.10 Å². The van der Waals surface area contributed by atoms with E-state index in [4.69, 9.17) is 4.74 Å². The minimum Gasteiger partial charge on any atom is -0.495 e. The molecule has 0 aromatic carbocycles. The zero-order valence-corrected chi connectivity index (χ0v) is 8.94. The molecule has 78 valence electrons. The molecule has 1 N–H and O–H groups in total. The van der Waals surface area contributed by atoms with Crippen molar-refractivity contribution in [3.05, 3.63) is 40.6 Å². The van der Waals surface area contributed by atoms with Gasteiger partial charge >= 0.3 is 0 Å². The maximum Gasteiger partial charge on any atom is 0.137 e. The molecular formula is C10H10N2O2S. The van der Waals surface area contributed by atoms with Crippen LogP contribution in [0.3, 0.4) is 0 Å². The van der Waals surface area contributed by atoms with E-state index in [1.165, 1.54) is 11.3 Å². The number of hydrogen-bond donors (Lipinski definition) is 1. The number of nitrogens with zero attached hydrogens (tertiary/aromatic N) is 2. The first kappa shape index (κ1) is 10.1. The summed E-state index contributed by atoms with van der Waals surface area (Å²) < 4.78 is 5.03. The first-order chi connectivity index (χ1) is 7.31. The smallest absolute Gasteiger partial charge is 0.137 e. The fourth-order valence-corrected chi connectivity index (χ4v) is 1.80. The van der Waals surface area contributed by atoms with Gasteiger partial charge < -0.3 is 9.84 Å². The number of methoxy groups -OCH3 is 1. The number of aliphatic hydroxyl groups excluding tert-OH is 1. The van der Waals surface area contributed by atoms with Gasteiger partial charge in [-0.1, -0.05) is 0 Å². The monoisotopic (exact) mass is 222 g/mol. The lowest BCUT2D eigenvalue weighted by Gasteiger charge is -2.08. The Morgan fingerprint density at radius 2 is 2.33 bits per heavy atom. The second-order valence-electron chi connectivity index (χ2n) is 2.97. The largest absolute Gasteiger partial charge is 0.495 e. The molecule has 2 aromatic heterocycles. The number of aliphatic hydroxyl groups is 1. The van der Waals surface area contributed by atoms with Gasteiger partial charge in [-0.25, -0.2) is 4.98 Å². The van der Waals surface area contributed by atoms with Gasteiger partial charge in [-0.05, 0) is 6.07 Å². The molecule has 2 rings (SSSR count). The van der Waals surface area contributed by atoms with Gasteiger partial charge in [-0.15, -0.1) is 11.3 Å². The van der Waals surface area contributed by atoms with Gasteiger partial charge in [0.25, 0.3) is 0 Å². The second-order valence-corrected chi connectivity index (χ2v) is 3.69. The van der Waals surface area contributed by atoms with E-state index in [2.05, 4.69) is 9.97 Å². The van der Waals surface area contributed by atoms with Crippen LogP contribution in [0.5, 0.6) is 5.75 Å². The molecule has 0 spiro atoms. The molecule has 4 nitrogen and oxygen atoms in total. The molecule has 5 heteroatoms. The van der Waals surface area contributed by atoms with Gasteiger partial charge in [-0.2, -0.15) is 0 Å². The topological polar surface area (TPSA) is 55.2 Å². The van der Waals surface area contributed by atoms with E-state index in [-0.39, 0.29) is 0 Å². The summed E-state index contributed by atoms with van der Waals surface area (Å²) in [6, 6.07) is 1.75. The molecule has 0 amide bonds. The summed E-state index contributed by atoms with van der Waals surface area (Å²) in [7, 11) is 1.57. The minimum absolute atomic E-state index is 0.627. The highest BCUT2D eigenvalue weighted by Gasteiger charge is 2.13. The summed E-state index contributed by atoms with van der Waals surface area (Å²) in [5.74, 6) is 0.627. The average molecular weight is 222 g/mol. The number of rotatable bonds is 3. The Morgan fingerprint density at radius 3 is 3.00 bits per heavy atom. The minimum atomic E-state index is -0.737. The van der Waals surface area contributed by atoms with Crippen LogP contribution >= 0.6 is 11.3 Å². The molecule has 0 aliphatic carbocycles. The first-order valence-electron chi connectivity index (χ1n) is 4.36. The first-order valence-corrected chi connectivity index (χ1v) is 5.30. The van der Waals surface area contributed by atoms with E-state index in [1.54, 1.807) is 31.1 Å². The Labute approximate surface area is 91.2 Å².